The molecule has 1 aromatic rings. The fraction of sp³-hybridized carbons (Fsp3) is 0.538. The highest BCUT2D eigenvalue weighted by atomic mass is 35.5. The molecule has 0 spiro atoms. The highest BCUT2D eigenvalue weighted by Crippen LogP contribution is 2.17. The largest absolute Gasteiger partial charge is 0.493 e. The van der Waals surface area contributed by atoms with Crippen LogP contribution in [0.5, 0.6) is 5.75 Å². The predicted molar refractivity (Wildman–Crippen MR) is 69.3 cm³/mol. The Bertz CT molecular complexity index is 315. The van der Waals surface area contributed by atoms with Gasteiger partial charge in [0.2, 0.25) is 0 Å². The molecule has 0 amide bonds. The number of nitrogens with zero attached hydrogens (tertiary/aromatic N) is 1. The van der Waals surface area contributed by atoms with E-state index in [0.29, 0.717) is 6.04 Å². The molecule has 0 saturated heterocycles. The van der Waals surface area contributed by atoms with Crippen LogP contribution < -0.4 is 4.74 Å². The molecule has 0 saturated carbocycles. The summed E-state index contributed by atoms with van der Waals surface area (Å²) in [4.78, 5) is 2.31. The van der Waals surface area contributed by atoms with E-state index in [-0.39, 0.29) is 0 Å². The lowest BCUT2D eigenvalue weighted by Crippen LogP contribution is -2.28. The summed E-state index contributed by atoms with van der Waals surface area (Å²) in [6.07, 6.45) is 1.03. The third-order valence-electron chi connectivity index (χ3n) is 2.60. The zero-order valence-electron chi connectivity index (χ0n) is 10.2. The molecule has 0 atom stereocenters. The van der Waals surface area contributed by atoms with Crippen molar-refractivity contribution in [3.8, 4) is 5.75 Å². The van der Waals surface area contributed by atoms with Crippen molar-refractivity contribution in [3.05, 3.63) is 29.3 Å². The predicted octanol–water partition coefficient (Wildman–Crippen LogP) is 3.45. The van der Waals surface area contributed by atoms with E-state index >= 15 is 0 Å². The van der Waals surface area contributed by atoms with Gasteiger partial charge < -0.3 is 9.64 Å². The first-order valence-electron chi connectivity index (χ1n) is 5.68. The van der Waals surface area contributed by atoms with Crippen molar-refractivity contribution in [2.24, 2.45) is 0 Å². The first-order chi connectivity index (χ1) is 7.59. The van der Waals surface area contributed by atoms with Crippen LogP contribution in [0.3, 0.4) is 0 Å². The average molecular weight is 242 g/mol. The molecule has 0 N–H and O–H groups in total. The maximum atomic E-state index is 5.86. The molecular weight excluding hydrogens is 222 g/mol. The molecule has 0 unspecified atom stereocenters. The van der Waals surface area contributed by atoms with Crippen molar-refractivity contribution < 1.29 is 4.74 Å². The van der Waals surface area contributed by atoms with Crippen molar-refractivity contribution in [1.82, 2.24) is 4.90 Å². The second-order valence-corrected chi connectivity index (χ2v) is 4.67. The van der Waals surface area contributed by atoms with E-state index in [0.717, 1.165) is 30.3 Å². The van der Waals surface area contributed by atoms with E-state index < -0.39 is 0 Å². The van der Waals surface area contributed by atoms with Gasteiger partial charge in [0.05, 0.1) is 6.61 Å². The SMILES string of the molecule is CC(C)N(C)CCCOc1cccc(Cl)c1. The maximum absolute atomic E-state index is 5.86. The molecule has 0 aromatic heterocycles. The summed E-state index contributed by atoms with van der Waals surface area (Å²) in [5.74, 6) is 0.847. The van der Waals surface area contributed by atoms with Gasteiger partial charge in [-0.05, 0) is 45.5 Å². The van der Waals surface area contributed by atoms with Gasteiger partial charge in [-0.3, -0.25) is 0 Å². The lowest BCUT2D eigenvalue weighted by atomic mass is 10.3. The van der Waals surface area contributed by atoms with E-state index in [1.807, 2.05) is 24.3 Å². The Kier molecular flexibility index (Phi) is 5.64. The maximum Gasteiger partial charge on any atom is 0.120 e. The average Bonchev–Trinajstić information content (AvgIpc) is 2.24. The van der Waals surface area contributed by atoms with Crippen LogP contribution in [0.2, 0.25) is 5.02 Å². The molecule has 16 heavy (non-hydrogen) atoms. The number of hydrogen-bond acceptors (Lipinski definition) is 2. The number of ether oxygens (including phenoxy) is 1. The number of hydrogen-bond donors (Lipinski definition) is 0. The summed E-state index contributed by atoms with van der Waals surface area (Å²) in [6, 6.07) is 8.11. The standard InChI is InChI=1S/C13H20ClNO/c1-11(2)15(3)8-5-9-16-13-7-4-6-12(14)10-13/h4,6-7,10-11H,5,8-9H2,1-3H3. The van der Waals surface area contributed by atoms with Gasteiger partial charge in [0.15, 0.2) is 0 Å². The molecule has 0 heterocycles. The normalized spacial score (nSPS) is 11.1. The van der Waals surface area contributed by atoms with E-state index in [9.17, 15) is 0 Å². The zero-order chi connectivity index (χ0) is 12.0. The van der Waals surface area contributed by atoms with Crippen LogP contribution in [0.4, 0.5) is 0 Å². The number of benzene rings is 1. The second-order valence-electron chi connectivity index (χ2n) is 4.23. The minimum atomic E-state index is 0.589. The quantitative estimate of drug-likeness (QED) is 0.708. The molecule has 0 radical (unpaired) electrons. The molecule has 1 rings (SSSR count). The van der Waals surface area contributed by atoms with Gasteiger partial charge in [0.1, 0.15) is 5.75 Å². The fourth-order valence-electron chi connectivity index (χ4n) is 1.32. The van der Waals surface area contributed by atoms with Crippen LogP contribution in [-0.4, -0.2) is 31.1 Å². The molecule has 0 bridgehead atoms. The van der Waals surface area contributed by atoms with Crippen molar-refractivity contribution in [2.75, 3.05) is 20.2 Å². The highest BCUT2D eigenvalue weighted by Gasteiger charge is 2.02. The summed E-state index contributed by atoms with van der Waals surface area (Å²) in [6.45, 7) is 6.17. The van der Waals surface area contributed by atoms with E-state index in [2.05, 4.69) is 25.8 Å². The van der Waals surface area contributed by atoms with Crippen molar-refractivity contribution >= 4 is 11.6 Å². The van der Waals surface area contributed by atoms with Gasteiger partial charge >= 0.3 is 0 Å². The molecule has 0 aliphatic heterocycles. The Morgan fingerprint density at radius 1 is 1.38 bits per heavy atom. The van der Waals surface area contributed by atoms with Gasteiger partial charge in [-0.2, -0.15) is 0 Å². The summed E-state index contributed by atoms with van der Waals surface area (Å²) in [5, 5.41) is 0.719. The Hall–Kier alpha value is -0.730. The molecule has 1 aromatic carbocycles. The monoisotopic (exact) mass is 241 g/mol. The summed E-state index contributed by atoms with van der Waals surface area (Å²) in [5.41, 5.74) is 0. The zero-order valence-corrected chi connectivity index (χ0v) is 11.0. The molecule has 0 fully saturated rings. The second kappa shape index (κ2) is 6.77. The van der Waals surface area contributed by atoms with Gasteiger partial charge in [-0.1, -0.05) is 17.7 Å². The minimum Gasteiger partial charge on any atom is -0.493 e. The molecular formula is C13H20ClNO. The van der Waals surface area contributed by atoms with E-state index in [4.69, 9.17) is 16.3 Å². The Morgan fingerprint density at radius 3 is 2.75 bits per heavy atom. The Morgan fingerprint density at radius 2 is 2.12 bits per heavy atom. The van der Waals surface area contributed by atoms with Crippen molar-refractivity contribution in [3.63, 3.8) is 0 Å². The van der Waals surface area contributed by atoms with Crippen LogP contribution in [0.25, 0.3) is 0 Å². The smallest absolute Gasteiger partial charge is 0.120 e. The highest BCUT2D eigenvalue weighted by molar-refractivity contribution is 6.30. The lowest BCUT2D eigenvalue weighted by molar-refractivity contribution is 0.234. The van der Waals surface area contributed by atoms with E-state index in [1.165, 1.54) is 0 Å². The molecule has 0 aliphatic rings. The molecule has 2 nitrogen and oxygen atoms in total. The van der Waals surface area contributed by atoms with E-state index in [1.54, 1.807) is 0 Å². The summed E-state index contributed by atoms with van der Waals surface area (Å²) >= 11 is 5.86. The first-order valence-corrected chi connectivity index (χ1v) is 6.06. The molecule has 3 heteroatoms. The van der Waals surface area contributed by atoms with Gasteiger partial charge in [-0.15, -0.1) is 0 Å². The summed E-state index contributed by atoms with van der Waals surface area (Å²) < 4.78 is 5.61. The molecule has 90 valence electrons. The van der Waals surface area contributed by atoms with Gasteiger partial charge in [0.25, 0.3) is 0 Å². The van der Waals surface area contributed by atoms with Crippen LogP contribution in [0.15, 0.2) is 24.3 Å². The Balaban J connectivity index is 2.21. The first kappa shape index (κ1) is 13.3. The molecule has 0 aliphatic carbocycles. The van der Waals surface area contributed by atoms with Crippen LogP contribution in [-0.2, 0) is 0 Å². The van der Waals surface area contributed by atoms with Crippen LogP contribution in [0.1, 0.15) is 20.3 Å². The van der Waals surface area contributed by atoms with Gasteiger partial charge in [0, 0.05) is 17.6 Å². The topological polar surface area (TPSA) is 12.5 Å². The fourth-order valence-corrected chi connectivity index (χ4v) is 1.50. The number of halogens is 1. The van der Waals surface area contributed by atoms with Crippen molar-refractivity contribution in [1.29, 1.82) is 0 Å². The van der Waals surface area contributed by atoms with Gasteiger partial charge in [-0.25, -0.2) is 0 Å². The summed E-state index contributed by atoms with van der Waals surface area (Å²) in [7, 11) is 2.13. The number of rotatable bonds is 6. The minimum absolute atomic E-state index is 0.589. The van der Waals surface area contributed by atoms with Crippen LogP contribution >= 0.6 is 11.6 Å². The van der Waals surface area contributed by atoms with Crippen molar-refractivity contribution in [2.45, 2.75) is 26.3 Å². The Labute approximate surface area is 103 Å². The lowest BCUT2D eigenvalue weighted by Gasteiger charge is -2.20. The third-order valence-corrected chi connectivity index (χ3v) is 2.84. The van der Waals surface area contributed by atoms with Crippen LogP contribution in [0, 0.1) is 0 Å². The third kappa shape index (κ3) is 4.86.